The van der Waals surface area contributed by atoms with Gasteiger partial charge in [0.2, 0.25) is 11.8 Å². The number of nitrogens with one attached hydrogen (secondary N) is 2. The highest BCUT2D eigenvalue weighted by molar-refractivity contribution is 5.83. The molecule has 18 heteroatoms. The molecule has 4 heterocycles. The maximum absolute atomic E-state index is 14.4. The van der Waals surface area contributed by atoms with E-state index >= 15 is 0 Å². The second-order valence-electron chi connectivity index (χ2n) is 11.4. The van der Waals surface area contributed by atoms with Crippen molar-refractivity contribution in [1.82, 2.24) is 18.8 Å². The molecule has 266 valence electrons. The van der Waals surface area contributed by atoms with E-state index in [0.717, 1.165) is 33.1 Å². The molecule has 0 amide bonds. The summed E-state index contributed by atoms with van der Waals surface area (Å²) in [5, 5.41) is 14.6. The van der Waals surface area contributed by atoms with E-state index in [9.17, 15) is 28.0 Å². The highest BCUT2D eigenvalue weighted by atomic mass is 19.1. The number of ether oxygens (including phenoxy) is 5. The lowest BCUT2D eigenvalue weighted by Gasteiger charge is -2.24. The van der Waals surface area contributed by atoms with Crippen molar-refractivity contribution in [3.8, 4) is 11.8 Å². The second-order valence-corrected chi connectivity index (χ2v) is 11.4. The maximum Gasteiger partial charge on any atom is 0.330 e. The second kappa shape index (κ2) is 16.2. The number of halogens is 2. The van der Waals surface area contributed by atoms with E-state index in [-0.39, 0.29) is 47.6 Å². The fourth-order valence-corrected chi connectivity index (χ4v) is 4.11. The van der Waals surface area contributed by atoms with Gasteiger partial charge in [0, 0.05) is 38.7 Å². The molecular formula is C31H38F2N6O10. The first-order valence-corrected chi connectivity index (χ1v) is 14.6. The van der Waals surface area contributed by atoms with E-state index < -0.39 is 45.8 Å². The smallest absolute Gasteiger partial charge is 0.330 e. The molecule has 0 atom stereocenters. The molecule has 4 aromatic heterocycles. The van der Waals surface area contributed by atoms with Gasteiger partial charge in [-0.2, -0.15) is 9.97 Å². The van der Waals surface area contributed by atoms with Gasteiger partial charge < -0.3 is 39.4 Å². The molecule has 3 N–H and O–H groups in total. The number of methoxy groups -OCH3 is 3. The predicted octanol–water partition coefficient (Wildman–Crippen LogP) is 2.36. The number of anilines is 2. The van der Waals surface area contributed by atoms with E-state index in [1.54, 1.807) is 13.8 Å². The van der Waals surface area contributed by atoms with Gasteiger partial charge >= 0.3 is 11.9 Å². The quantitative estimate of drug-likeness (QED) is 0.129. The number of carboxylic acids is 1. The van der Waals surface area contributed by atoms with Gasteiger partial charge in [0.25, 0.3) is 11.1 Å². The third kappa shape index (κ3) is 9.83. The Morgan fingerprint density at radius 2 is 1.14 bits per heavy atom. The summed E-state index contributed by atoms with van der Waals surface area (Å²) in [6.07, 6.45) is 2.65. The van der Waals surface area contributed by atoms with Gasteiger partial charge in [0.1, 0.15) is 24.3 Å². The number of pyridine rings is 2. The lowest BCUT2D eigenvalue weighted by Crippen LogP contribution is -2.41. The summed E-state index contributed by atoms with van der Waals surface area (Å²) in [4.78, 5) is 55.2. The topological polar surface area (TPSA) is 193 Å². The Morgan fingerprint density at radius 3 is 1.51 bits per heavy atom. The zero-order valence-electron chi connectivity index (χ0n) is 28.0. The number of hydrogen-bond acceptors (Lipinski definition) is 13. The van der Waals surface area contributed by atoms with E-state index in [1.165, 1.54) is 47.6 Å². The minimum Gasteiger partial charge on any atom is -0.480 e. The number of aliphatic carboxylic acids is 1. The van der Waals surface area contributed by atoms with Crippen LogP contribution in [0.2, 0.25) is 0 Å². The molecule has 0 unspecified atom stereocenters. The number of fused-ring (bicyclic) bond motifs is 2. The summed E-state index contributed by atoms with van der Waals surface area (Å²) >= 11 is 0. The molecule has 0 aliphatic carbocycles. The van der Waals surface area contributed by atoms with Crippen LogP contribution < -0.4 is 31.2 Å². The SMILES string of the molecule is COCCOc1cc(=O)n2cc(NC(C)(C)C(=O)O)cc(F)c2n1.COCCOc1cc(=O)n2cc(NC(C)(C)C(=O)OC)cc(F)c2n1. The number of carbonyl (C=O) groups is 2. The third-order valence-corrected chi connectivity index (χ3v) is 6.60. The normalized spacial score (nSPS) is 11.4. The van der Waals surface area contributed by atoms with Gasteiger partial charge in [-0.15, -0.1) is 0 Å². The van der Waals surface area contributed by atoms with Gasteiger partial charge in [0.05, 0.1) is 43.8 Å². The van der Waals surface area contributed by atoms with Crippen molar-refractivity contribution < 1.29 is 47.2 Å². The molecule has 49 heavy (non-hydrogen) atoms. The minimum absolute atomic E-state index is 0.0107. The van der Waals surface area contributed by atoms with Crippen LogP contribution in [-0.2, 0) is 23.8 Å². The molecule has 0 radical (unpaired) electrons. The van der Waals surface area contributed by atoms with Crippen molar-refractivity contribution in [2.24, 2.45) is 0 Å². The van der Waals surface area contributed by atoms with Crippen LogP contribution in [-0.4, -0.2) is 94.6 Å². The van der Waals surface area contributed by atoms with Crippen LogP contribution >= 0.6 is 0 Å². The Hall–Kier alpha value is -5.36. The minimum atomic E-state index is -1.33. The third-order valence-electron chi connectivity index (χ3n) is 6.60. The summed E-state index contributed by atoms with van der Waals surface area (Å²) < 4.78 is 55.5. The van der Waals surface area contributed by atoms with Crippen LogP contribution in [0.4, 0.5) is 20.2 Å². The summed E-state index contributed by atoms with van der Waals surface area (Å²) in [6, 6.07) is 4.49. The first-order valence-electron chi connectivity index (χ1n) is 14.6. The van der Waals surface area contributed by atoms with Crippen molar-refractivity contribution in [3.63, 3.8) is 0 Å². The summed E-state index contributed by atoms with van der Waals surface area (Å²) in [6.45, 7) is 6.98. The summed E-state index contributed by atoms with van der Waals surface area (Å²) in [5.74, 6) is -3.16. The number of carboxylic acid groups (broad SMARTS) is 1. The molecular weight excluding hydrogens is 654 g/mol. The summed E-state index contributed by atoms with van der Waals surface area (Å²) in [5.41, 5.74) is -3.52. The zero-order chi connectivity index (χ0) is 36.5. The van der Waals surface area contributed by atoms with Crippen molar-refractivity contribution >= 4 is 34.6 Å². The zero-order valence-corrected chi connectivity index (χ0v) is 28.0. The number of hydrogen-bond donors (Lipinski definition) is 3. The monoisotopic (exact) mass is 692 g/mol. The molecule has 0 aliphatic heterocycles. The molecule has 0 spiro atoms. The van der Waals surface area contributed by atoms with E-state index in [4.69, 9.17) is 24.1 Å². The molecule has 16 nitrogen and oxygen atoms in total. The molecule has 0 saturated heterocycles. The number of esters is 1. The standard InChI is InChI=1S/C16H20FN3O5.C15H18FN3O5/c1-16(2,15(22)24-4)19-10-7-11(17)14-18-12(25-6-5-23-3)8-13(21)20(14)9-10;1-15(2,14(21)22)18-9-6-10(16)13-17-11(24-5-4-23-3)7-12(20)19(13)8-9/h7-9,19H,5-6H2,1-4H3;6-8,18H,4-5H2,1-3H3,(H,21,22). The van der Waals surface area contributed by atoms with Crippen LogP contribution in [0.25, 0.3) is 11.3 Å². The Bertz CT molecular complexity index is 1930. The van der Waals surface area contributed by atoms with Gasteiger partial charge in [-0.1, -0.05) is 0 Å². The Balaban J connectivity index is 0.000000266. The fraction of sp³-hybridized carbons (Fsp3) is 0.419. The number of nitrogens with zero attached hydrogens (tertiary/aromatic N) is 4. The van der Waals surface area contributed by atoms with Crippen LogP contribution in [0.5, 0.6) is 11.8 Å². The molecule has 4 rings (SSSR count). The highest BCUT2D eigenvalue weighted by Crippen LogP contribution is 2.21. The number of aromatic nitrogens is 4. The first-order chi connectivity index (χ1) is 23.0. The van der Waals surface area contributed by atoms with E-state index in [1.807, 2.05) is 0 Å². The van der Waals surface area contributed by atoms with Crippen molar-refractivity contribution in [3.05, 3.63) is 69.0 Å². The van der Waals surface area contributed by atoms with Crippen molar-refractivity contribution in [1.29, 1.82) is 0 Å². The predicted molar refractivity (Wildman–Crippen MR) is 173 cm³/mol. The highest BCUT2D eigenvalue weighted by Gasteiger charge is 2.29. The molecule has 4 aromatic rings. The van der Waals surface area contributed by atoms with Gasteiger partial charge in [-0.3, -0.25) is 18.4 Å². The van der Waals surface area contributed by atoms with E-state index in [0.29, 0.717) is 13.2 Å². The van der Waals surface area contributed by atoms with Gasteiger partial charge in [0.15, 0.2) is 22.9 Å². The van der Waals surface area contributed by atoms with Crippen molar-refractivity contribution in [2.45, 2.75) is 38.8 Å². The molecule has 0 aromatic carbocycles. The van der Waals surface area contributed by atoms with Crippen LogP contribution in [0.3, 0.4) is 0 Å². The Morgan fingerprint density at radius 1 is 0.735 bits per heavy atom. The number of rotatable bonds is 14. The summed E-state index contributed by atoms with van der Waals surface area (Å²) in [7, 11) is 4.27. The average molecular weight is 693 g/mol. The lowest BCUT2D eigenvalue weighted by atomic mass is 10.1. The fourth-order valence-electron chi connectivity index (χ4n) is 4.11. The van der Waals surface area contributed by atoms with E-state index in [2.05, 4.69) is 25.3 Å². The maximum atomic E-state index is 14.4. The molecule has 0 saturated carbocycles. The largest absolute Gasteiger partial charge is 0.480 e. The average Bonchev–Trinajstić information content (AvgIpc) is 3.02. The molecule has 0 fully saturated rings. The Labute approximate surface area is 278 Å². The van der Waals surface area contributed by atoms with Crippen molar-refractivity contribution in [2.75, 3.05) is 58.4 Å². The Kier molecular flexibility index (Phi) is 12.6. The van der Waals surface area contributed by atoms with Gasteiger partial charge in [-0.25, -0.2) is 18.4 Å². The van der Waals surface area contributed by atoms with Gasteiger partial charge in [-0.05, 0) is 27.7 Å². The molecule has 0 aliphatic rings. The first kappa shape index (κ1) is 38.1. The van der Waals surface area contributed by atoms with Crippen LogP contribution in [0.1, 0.15) is 27.7 Å². The number of carbonyl (C=O) groups excluding carboxylic acids is 1. The molecule has 0 bridgehead atoms. The lowest BCUT2D eigenvalue weighted by molar-refractivity contribution is -0.144. The van der Waals surface area contributed by atoms with Crippen LogP contribution in [0.15, 0.2) is 46.2 Å². The van der Waals surface area contributed by atoms with Crippen LogP contribution in [0, 0.1) is 11.6 Å².